The number of rotatable bonds is 2. The van der Waals surface area contributed by atoms with Gasteiger partial charge in [-0.2, -0.15) is 0 Å². The molecule has 4 atom stereocenters. The van der Waals surface area contributed by atoms with Crippen LogP contribution in [0.3, 0.4) is 0 Å². The molecule has 17 heavy (non-hydrogen) atoms. The van der Waals surface area contributed by atoms with E-state index in [2.05, 4.69) is 4.98 Å². The third kappa shape index (κ3) is 1.90. The number of hydrogen-bond donors (Lipinski definition) is 1. The van der Waals surface area contributed by atoms with E-state index in [1.807, 2.05) is 19.1 Å². The highest BCUT2D eigenvalue weighted by atomic mass is 16.6. The zero-order chi connectivity index (χ0) is 11.8. The van der Waals surface area contributed by atoms with Gasteiger partial charge in [0.05, 0.1) is 24.9 Å². The maximum absolute atomic E-state index is 5.90. The minimum absolute atomic E-state index is 0.0306. The van der Waals surface area contributed by atoms with Gasteiger partial charge >= 0.3 is 0 Å². The molecule has 2 fully saturated rings. The molecule has 2 aliphatic rings. The fourth-order valence-electron chi connectivity index (χ4n) is 2.35. The Bertz CT molecular complexity index is 412. The van der Waals surface area contributed by atoms with Gasteiger partial charge in [0.25, 0.3) is 0 Å². The summed E-state index contributed by atoms with van der Waals surface area (Å²) in [4.78, 5) is 4.19. The van der Waals surface area contributed by atoms with Crippen molar-refractivity contribution in [3.05, 3.63) is 24.0 Å². The number of ether oxygens (including phenoxy) is 3. The second kappa shape index (κ2) is 4.25. The first-order valence-electron chi connectivity index (χ1n) is 5.83. The fraction of sp³-hybridized carbons (Fsp3) is 0.583. The van der Waals surface area contributed by atoms with Gasteiger partial charge in [-0.05, 0) is 19.1 Å². The number of fused-ring (bicyclic) bond motifs is 1. The van der Waals surface area contributed by atoms with Crippen molar-refractivity contribution in [2.24, 2.45) is 5.73 Å². The van der Waals surface area contributed by atoms with Crippen LogP contribution in [-0.2, 0) is 9.47 Å². The van der Waals surface area contributed by atoms with Crippen LogP contribution in [-0.4, -0.2) is 42.6 Å². The first-order valence-corrected chi connectivity index (χ1v) is 5.83. The van der Waals surface area contributed by atoms with Crippen LogP contribution in [0.25, 0.3) is 0 Å². The van der Waals surface area contributed by atoms with Crippen molar-refractivity contribution >= 4 is 0 Å². The van der Waals surface area contributed by atoms with Crippen LogP contribution in [0, 0.1) is 6.92 Å². The van der Waals surface area contributed by atoms with Crippen LogP contribution < -0.4 is 10.5 Å². The van der Waals surface area contributed by atoms with E-state index in [-0.39, 0.29) is 24.4 Å². The molecule has 0 unspecified atom stereocenters. The molecule has 92 valence electrons. The Balaban J connectivity index is 1.73. The highest BCUT2D eigenvalue weighted by molar-refractivity contribution is 5.26. The lowest BCUT2D eigenvalue weighted by Gasteiger charge is -2.18. The third-order valence-corrected chi connectivity index (χ3v) is 3.28. The van der Waals surface area contributed by atoms with Gasteiger partial charge in [-0.1, -0.05) is 0 Å². The summed E-state index contributed by atoms with van der Waals surface area (Å²) < 4.78 is 17.1. The fourth-order valence-corrected chi connectivity index (χ4v) is 2.35. The number of aryl methyl sites for hydroxylation is 1. The summed E-state index contributed by atoms with van der Waals surface area (Å²) in [5.41, 5.74) is 6.76. The van der Waals surface area contributed by atoms with Gasteiger partial charge in [0.2, 0.25) is 0 Å². The summed E-state index contributed by atoms with van der Waals surface area (Å²) >= 11 is 0. The van der Waals surface area contributed by atoms with Crippen LogP contribution in [0.1, 0.15) is 5.69 Å². The van der Waals surface area contributed by atoms with Crippen LogP contribution >= 0.6 is 0 Å². The molecule has 0 bridgehead atoms. The van der Waals surface area contributed by atoms with Crippen LogP contribution in [0.2, 0.25) is 0 Å². The molecule has 1 aromatic rings. The van der Waals surface area contributed by atoms with E-state index in [4.69, 9.17) is 19.9 Å². The van der Waals surface area contributed by atoms with Crippen molar-refractivity contribution in [3.8, 4) is 5.75 Å². The number of nitrogens with zero attached hydrogens (tertiary/aromatic N) is 1. The van der Waals surface area contributed by atoms with Gasteiger partial charge in [0.15, 0.2) is 6.10 Å². The van der Waals surface area contributed by atoms with Crippen LogP contribution in [0.4, 0.5) is 0 Å². The molecule has 0 saturated carbocycles. The summed E-state index contributed by atoms with van der Waals surface area (Å²) in [7, 11) is 0. The molecular formula is C12H16N2O3. The SMILES string of the molecule is Cc1ncccc1O[C@H]1CO[C@H]2[C@@H]1OC[C@@H]2N. The van der Waals surface area contributed by atoms with Gasteiger partial charge in [-0.3, -0.25) is 4.98 Å². The minimum atomic E-state index is -0.0866. The molecule has 0 spiro atoms. The zero-order valence-corrected chi connectivity index (χ0v) is 9.70. The lowest BCUT2D eigenvalue weighted by atomic mass is 10.1. The molecule has 2 aliphatic heterocycles. The van der Waals surface area contributed by atoms with Crippen LogP contribution in [0.5, 0.6) is 5.75 Å². The highest BCUT2D eigenvalue weighted by Crippen LogP contribution is 2.29. The molecule has 0 amide bonds. The molecule has 0 aromatic carbocycles. The molecule has 5 nitrogen and oxygen atoms in total. The molecule has 3 rings (SSSR count). The van der Waals surface area contributed by atoms with Crippen molar-refractivity contribution in [3.63, 3.8) is 0 Å². The lowest BCUT2D eigenvalue weighted by molar-refractivity contribution is 0.0301. The molecule has 3 heterocycles. The van der Waals surface area contributed by atoms with Crippen LogP contribution in [0.15, 0.2) is 18.3 Å². The minimum Gasteiger partial charge on any atom is -0.483 e. The van der Waals surface area contributed by atoms with E-state index >= 15 is 0 Å². The van der Waals surface area contributed by atoms with E-state index in [1.165, 1.54) is 0 Å². The van der Waals surface area contributed by atoms with Crippen molar-refractivity contribution < 1.29 is 14.2 Å². The quantitative estimate of drug-likeness (QED) is 0.798. The molecule has 2 saturated heterocycles. The summed E-state index contributed by atoms with van der Waals surface area (Å²) in [6.07, 6.45) is 1.58. The number of pyridine rings is 1. The number of nitrogens with two attached hydrogens (primary N) is 1. The standard InChI is InChI=1S/C12H16N2O3/c1-7-9(3-2-4-14-7)17-10-6-16-11-8(13)5-15-12(10)11/h2-4,8,10-12H,5-6,13H2,1H3/t8-,10-,11+,12+/m0/s1. The van der Waals surface area contributed by atoms with Crippen molar-refractivity contribution in [1.29, 1.82) is 0 Å². The van der Waals surface area contributed by atoms with Crippen molar-refractivity contribution in [2.45, 2.75) is 31.3 Å². The molecule has 1 aromatic heterocycles. The van der Waals surface area contributed by atoms with Crippen molar-refractivity contribution in [2.75, 3.05) is 13.2 Å². The van der Waals surface area contributed by atoms with Gasteiger partial charge in [-0.15, -0.1) is 0 Å². The molecular weight excluding hydrogens is 220 g/mol. The lowest BCUT2D eigenvalue weighted by Crippen LogP contribution is -2.38. The monoisotopic (exact) mass is 236 g/mol. The Morgan fingerprint density at radius 1 is 1.35 bits per heavy atom. The molecule has 5 heteroatoms. The Morgan fingerprint density at radius 2 is 2.18 bits per heavy atom. The molecule has 0 aliphatic carbocycles. The summed E-state index contributed by atoms with van der Waals surface area (Å²) in [5.74, 6) is 0.783. The van der Waals surface area contributed by atoms with Gasteiger partial charge < -0.3 is 19.9 Å². The normalized spacial score (nSPS) is 35.9. The summed E-state index contributed by atoms with van der Waals surface area (Å²) in [6, 6.07) is 3.73. The van der Waals surface area contributed by atoms with Gasteiger partial charge in [0.1, 0.15) is 18.0 Å². The first kappa shape index (κ1) is 11.0. The Morgan fingerprint density at radius 3 is 3.00 bits per heavy atom. The van der Waals surface area contributed by atoms with E-state index < -0.39 is 0 Å². The van der Waals surface area contributed by atoms with Gasteiger partial charge in [-0.25, -0.2) is 0 Å². The second-order valence-electron chi connectivity index (χ2n) is 4.50. The van der Waals surface area contributed by atoms with Crippen molar-refractivity contribution in [1.82, 2.24) is 4.98 Å². The Hall–Kier alpha value is -1.17. The summed E-state index contributed by atoms with van der Waals surface area (Å²) in [5, 5.41) is 0. The highest BCUT2D eigenvalue weighted by Gasteiger charge is 2.47. The van der Waals surface area contributed by atoms with E-state index in [9.17, 15) is 0 Å². The number of hydrogen-bond acceptors (Lipinski definition) is 5. The predicted molar refractivity (Wildman–Crippen MR) is 60.8 cm³/mol. The average molecular weight is 236 g/mol. The average Bonchev–Trinajstić information content (AvgIpc) is 2.87. The first-order chi connectivity index (χ1) is 8.25. The number of aromatic nitrogens is 1. The van der Waals surface area contributed by atoms with Gasteiger partial charge in [0, 0.05) is 6.20 Å². The zero-order valence-electron chi connectivity index (χ0n) is 9.70. The molecule has 2 N–H and O–H groups in total. The van der Waals surface area contributed by atoms with E-state index in [0.717, 1.165) is 11.4 Å². The van der Waals surface area contributed by atoms with E-state index in [1.54, 1.807) is 6.20 Å². The largest absolute Gasteiger partial charge is 0.483 e. The topological polar surface area (TPSA) is 66.6 Å². The second-order valence-corrected chi connectivity index (χ2v) is 4.50. The Kier molecular flexibility index (Phi) is 2.74. The van der Waals surface area contributed by atoms with E-state index in [0.29, 0.717) is 13.2 Å². The summed E-state index contributed by atoms with van der Waals surface area (Å²) in [6.45, 7) is 2.99. The Labute approximate surface area is 99.9 Å². The smallest absolute Gasteiger partial charge is 0.151 e. The maximum Gasteiger partial charge on any atom is 0.151 e. The molecule has 0 radical (unpaired) electrons. The maximum atomic E-state index is 5.90. The predicted octanol–water partition coefficient (Wildman–Crippen LogP) is 0.262. The third-order valence-electron chi connectivity index (χ3n) is 3.28.